The van der Waals surface area contributed by atoms with Gasteiger partial charge in [-0.3, -0.25) is 0 Å². The maximum Gasteiger partial charge on any atom is 0.202 e. The fourth-order valence-corrected chi connectivity index (χ4v) is 2.79. The molecule has 4 nitrogen and oxygen atoms in total. The molecule has 6 heteroatoms. The summed E-state index contributed by atoms with van der Waals surface area (Å²) in [5.74, 6) is 1.29. The third kappa shape index (κ3) is 3.23. The van der Waals surface area contributed by atoms with Gasteiger partial charge in [0.15, 0.2) is 0 Å². The molecule has 0 aliphatic carbocycles. The highest BCUT2D eigenvalue weighted by Crippen LogP contribution is 2.19. The lowest BCUT2D eigenvalue weighted by molar-refractivity contribution is 0.799. The molecule has 17 heavy (non-hydrogen) atoms. The predicted octanol–water partition coefficient (Wildman–Crippen LogP) is 3.29. The van der Waals surface area contributed by atoms with Gasteiger partial charge in [0.1, 0.15) is 10.8 Å². The molecular formula is C11H16N4S2. The summed E-state index contributed by atoms with van der Waals surface area (Å²) in [6, 6.07) is 0. The van der Waals surface area contributed by atoms with Crippen LogP contribution in [0.1, 0.15) is 42.4 Å². The van der Waals surface area contributed by atoms with Crippen molar-refractivity contribution < 1.29 is 0 Å². The molecule has 0 spiro atoms. The first-order valence-corrected chi connectivity index (χ1v) is 7.29. The Kier molecular flexibility index (Phi) is 4.06. The summed E-state index contributed by atoms with van der Waals surface area (Å²) < 4.78 is 4.30. The van der Waals surface area contributed by atoms with Crippen LogP contribution in [0.4, 0.5) is 5.13 Å². The summed E-state index contributed by atoms with van der Waals surface area (Å²) in [4.78, 5) is 10.1. The highest BCUT2D eigenvalue weighted by atomic mass is 32.1. The van der Waals surface area contributed by atoms with Crippen LogP contribution < -0.4 is 5.32 Å². The highest BCUT2D eigenvalue weighted by molar-refractivity contribution is 7.11. The van der Waals surface area contributed by atoms with Gasteiger partial charge in [0.25, 0.3) is 0 Å². The largest absolute Gasteiger partial charge is 0.354 e. The Balaban J connectivity index is 1.92. The van der Waals surface area contributed by atoms with Gasteiger partial charge >= 0.3 is 0 Å². The maximum absolute atomic E-state index is 4.42. The van der Waals surface area contributed by atoms with Gasteiger partial charge < -0.3 is 5.32 Å². The van der Waals surface area contributed by atoms with Crippen LogP contribution in [0.15, 0.2) is 6.20 Å². The van der Waals surface area contributed by atoms with Crippen molar-refractivity contribution in [2.24, 2.45) is 0 Å². The number of hydrogen-bond donors (Lipinski definition) is 1. The molecule has 2 aromatic rings. The van der Waals surface area contributed by atoms with E-state index in [0.29, 0.717) is 5.92 Å². The van der Waals surface area contributed by atoms with Crippen LogP contribution in [-0.4, -0.2) is 14.3 Å². The quantitative estimate of drug-likeness (QED) is 0.904. The SMILES string of the molecule is CCc1cnc(CNc2nc(C(C)C)ns2)s1. The van der Waals surface area contributed by atoms with Crippen molar-refractivity contribution in [2.75, 3.05) is 5.32 Å². The molecule has 0 fully saturated rings. The number of anilines is 1. The van der Waals surface area contributed by atoms with E-state index >= 15 is 0 Å². The van der Waals surface area contributed by atoms with Gasteiger partial charge in [-0.25, -0.2) is 9.97 Å². The predicted molar refractivity (Wildman–Crippen MR) is 72.8 cm³/mol. The molecular weight excluding hydrogens is 252 g/mol. The fourth-order valence-electron chi connectivity index (χ4n) is 1.29. The average Bonchev–Trinajstić information content (AvgIpc) is 2.95. The Morgan fingerprint density at radius 2 is 2.24 bits per heavy atom. The van der Waals surface area contributed by atoms with Gasteiger partial charge in [0.2, 0.25) is 5.13 Å². The van der Waals surface area contributed by atoms with Crippen LogP contribution in [0.3, 0.4) is 0 Å². The van der Waals surface area contributed by atoms with Gasteiger partial charge in [-0.05, 0) is 6.42 Å². The lowest BCUT2D eigenvalue weighted by atomic mass is 10.2. The number of aryl methyl sites for hydroxylation is 1. The van der Waals surface area contributed by atoms with E-state index in [-0.39, 0.29) is 0 Å². The summed E-state index contributed by atoms with van der Waals surface area (Å²) >= 11 is 3.16. The lowest BCUT2D eigenvalue weighted by Crippen LogP contribution is -1.98. The first-order valence-electron chi connectivity index (χ1n) is 5.70. The Morgan fingerprint density at radius 1 is 1.41 bits per heavy atom. The molecule has 0 saturated heterocycles. The standard InChI is InChI=1S/C11H16N4S2/c1-4-8-5-12-9(16-8)6-13-11-14-10(7(2)3)15-17-11/h5,7H,4,6H2,1-3H3,(H,13,14,15). The Bertz CT molecular complexity index is 475. The fraction of sp³-hybridized carbons (Fsp3) is 0.545. The zero-order valence-electron chi connectivity index (χ0n) is 10.2. The van der Waals surface area contributed by atoms with Gasteiger partial charge in [-0.15, -0.1) is 11.3 Å². The van der Waals surface area contributed by atoms with Crippen molar-refractivity contribution in [2.45, 2.75) is 39.7 Å². The van der Waals surface area contributed by atoms with E-state index in [9.17, 15) is 0 Å². The van der Waals surface area contributed by atoms with Crippen LogP contribution in [-0.2, 0) is 13.0 Å². The van der Waals surface area contributed by atoms with Gasteiger partial charge in [0, 0.05) is 28.5 Å². The molecule has 0 amide bonds. The number of nitrogens with one attached hydrogen (secondary N) is 1. The first kappa shape index (κ1) is 12.4. The van der Waals surface area contributed by atoms with Gasteiger partial charge in [-0.1, -0.05) is 20.8 Å². The molecule has 0 radical (unpaired) electrons. The highest BCUT2D eigenvalue weighted by Gasteiger charge is 2.07. The van der Waals surface area contributed by atoms with Crippen LogP contribution in [0.5, 0.6) is 0 Å². The van der Waals surface area contributed by atoms with Crippen molar-refractivity contribution in [1.29, 1.82) is 0 Å². The summed E-state index contributed by atoms with van der Waals surface area (Å²) in [7, 11) is 0. The molecule has 0 aromatic carbocycles. The van der Waals surface area contributed by atoms with Crippen LogP contribution in [0, 0.1) is 0 Å². The second-order valence-electron chi connectivity index (χ2n) is 4.04. The third-order valence-electron chi connectivity index (χ3n) is 2.30. The third-order valence-corrected chi connectivity index (χ3v) is 4.13. The van der Waals surface area contributed by atoms with Crippen molar-refractivity contribution in [1.82, 2.24) is 14.3 Å². The molecule has 0 aliphatic rings. The number of thiazole rings is 1. The molecule has 0 atom stereocenters. The molecule has 2 rings (SSSR count). The molecule has 1 N–H and O–H groups in total. The van der Waals surface area contributed by atoms with E-state index in [1.807, 2.05) is 6.20 Å². The number of aromatic nitrogens is 3. The van der Waals surface area contributed by atoms with Crippen molar-refractivity contribution in [3.63, 3.8) is 0 Å². The van der Waals surface area contributed by atoms with E-state index in [2.05, 4.69) is 40.4 Å². The van der Waals surface area contributed by atoms with Crippen LogP contribution >= 0.6 is 22.9 Å². The number of nitrogens with zero attached hydrogens (tertiary/aromatic N) is 3. The van der Waals surface area contributed by atoms with Crippen molar-refractivity contribution in [3.05, 3.63) is 21.9 Å². The molecule has 92 valence electrons. The summed E-state index contributed by atoms with van der Waals surface area (Å²) in [5.41, 5.74) is 0. The summed E-state index contributed by atoms with van der Waals surface area (Å²) in [5, 5.41) is 5.24. The molecule has 0 unspecified atom stereocenters. The smallest absolute Gasteiger partial charge is 0.202 e. The van der Waals surface area contributed by atoms with E-state index < -0.39 is 0 Å². The van der Waals surface area contributed by atoms with Gasteiger partial charge in [0.05, 0.1) is 6.54 Å². The van der Waals surface area contributed by atoms with Crippen molar-refractivity contribution >= 4 is 28.0 Å². The monoisotopic (exact) mass is 268 g/mol. The van der Waals surface area contributed by atoms with Crippen LogP contribution in [0.25, 0.3) is 0 Å². The van der Waals surface area contributed by atoms with E-state index in [1.54, 1.807) is 11.3 Å². The number of hydrogen-bond acceptors (Lipinski definition) is 6. The molecule has 2 aromatic heterocycles. The molecule has 2 heterocycles. The van der Waals surface area contributed by atoms with E-state index in [1.165, 1.54) is 16.4 Å². The second-order valence-corrected chi connectivity index (χ2v) is 5.99. The topological polar surface area (TPSA) is 50.7 Å². The first-order chi connectivity index (χ1) is 8.19. The van der Waals surface area contributed by atoms with E-state index in [4.69, 9.17) is 0 Å². The minimum absolute atomic E-state index is 0.383. The zero-order valence-corrected chi connectivity index (χ0v) is 11.9. The Morgan fingerprint density at radius 3 is 2.82 bits per heavy atom. The Labute approximate surface area is 109 Å². The minimum Gasteiger partial charge on any atom is -0.354 e. The van der Waals surface area contributed by atoms with Crippen LogP contribution in [0.2, 0.25) is 0 Å². The molecule has 0 aliphatic heterocycles. The zero-order chi connectivity index (χ0) is 12.3. The van der Waals surface area contributed by atoms with Gasteiger partial charge in [-0.2, -0.15) is 4.37 Å². The minimum atomic E-state index is 0.383. The summed E-state index contributed by atoms with van der Waals surface area (Å²) in [6.45, 7) is 7.07. The number of rotatable bonds is 5. The maximum atomic E-state index is 4.42. The Hall–Kier alpha value is -1.01. The lowest BCUT2D eigenvalue weighted by Gasteiger charge is -1.98. The summed E-state index contributed by atoms with van der Waals surface area (Å²) in [6.07, 6.45) is 3.00. The normalized spacial score (nSPS) is 11.1. The van der Waals surface area contributed by atoms with E-state index in [0.717, 1.165) is 28.9 Å². The molecule has 0 saturated carbocycles. The average molecular weight is 268 g/mol. The van der Waals surface area contributed by atoms with Crippen molar-refractivity contribution in [3.8, 4) is 0 Å². The molecule has 0 bridgehead atoms. The second kappa shape index (κ2) is 5.55.